The van der Waals surface area contributed by atoms with Crippen LogP contribution in [0.3, 0.4) is 0 Å². The van der Waals surface area contributed by atoms with Crippen molar-refractivity contribution in [2.75, 3.05) is 0 Å². The summed E-state index contributed by atoms with van der Waals surface area (Å²) < 4.78 is 66.7. The molecule has 0 aromatic heterocycles. The lowest BCUT2D eigenvalue weighted by Crippen LogP contribution is -2.27. The largest absolute Gasteiger partial charge is 0.534 e. The molecule has 1 aliphatic carbocycles. The molecule has 0 radical (unpaired) electrons. The molecule has 1 aliphatic rings. The number of hydrogen-bond acceptors (Lipinski definition) is 5. The Hall–Kier alpha value is -1.25. The Morgan fingerprint density at radius 1 is 1.47 bits per heavy atom. The van der Waals surface area contributed by atoms with Crippen molar-refractivity contribution in [1.82, 2.24) is 0 Å². The van der Waals surface area contributed by atoms with E-state index in [0.717, 1.165) is 0 Å². The fourth-order valence-corrected chi connectivity index (χ4v) is 1.95. The van der Waals surface area contributed by atoms with Gasteiger partial charge >= 0.3 is 21.6 Å². The Kier molecular flexibility index (Phi) is 4.83. The topological polar surface area (TPSA) is 69.7 Å². The van der Waals surface area contributed by atoms with Gasteiger partial charge in [0, 0.05) is 19.3 Å². The van der Waals surface area contributed by atoms with Crippen LogP contribution in [0.25, 0.3) is 0 Å². The van der Waals surface area contributed by atoms with E-state index in [1.807, 2.05) is 0 Å². The van der Waals surface area contributed by atoms with Crippen molar-refractivity contribution in [3.63, 3.8) is 0 Å². The second kappa shape index (κ2) is 5.81. The fourth-order valence-electron chi connectivity index (χ4n) is 1.43. The van der Waals surface area contributed by atoms with Gasteiger partial charge in [-0.15, -0.1) is 0 Å². The molecule has 0 heterocycles. The first-order valence-corrected chi connectivity index (χ1v) is 6.96. The van der Waals surface area contributed by atoms with Gasteiger partial charge in [0.15, 0.2) is 0 Å². The molecule has 0 spiro atoms. The van der Waals surface area contributed by atoms with E-state index in [0.29, 0.717) is 0 Å². The summed E-state index contributed by atoms with van der Waals surface area (Å²) in [6, 6.07) is 0. The Morgan fingerprint density at radius 3 is 2.53 bits per heavy atom. The van der Waals surface area contributed by atoms with Crippen LogP contribution in [0.15, 0.2) is 11.8 Å². The molecular weight excluding hydrogens is 289 g/mol. The third-order valence-electron chi connectivity index (χ3n) is 2.41. The highest BCUT2D eigenvalue weighted by Crippen LogP contribution is 2.30. The molecule has 0 aromatic rings. The molecule has 0 saturated carbocycles. The average molecular weight is 302 g/mol. The van der Waals surface area contributed by atoms with Gasteiger partial charge in [-0.2, -0.15) is 21.6 Å². The Balaban J connectivity index is 2.59. The summed E-state index contributed by atoms with van der Waals surface area (Å²) in [5, 5.41) is 0. The summed E-state index contributed by atoms with van der Waals surface area (Å²) >= 11 is 0. The number of hydrogen-bond donors (Lipinski definition) is 0. The van der Waals surface area contributed by atoms with Crippen LogP contribution >= 0.6 is 0 Å². The van der Waals surface area contributed by atoms with E-state index in [9.17, 15) is 26.4 Å². The summed E-state index contributed by atoms with van der Waals surface area (Å²) in [5.41, 5.74) is -5.45. The molecule has 1 unspecified atom stereocenters. The lowest BCUT2D eigenvalue weighted by molar-refractivity contribution is -0.149. The summed E-state index contributed by atoms with van der Waals surface area (Å²) in [7, 11) is -5.62. The highest BCUT2D eigenvalue weighted by molar-refractivity contribution is 7.87. The molecule has 1 rings (SSSR count). The first-order chi connectivity index (χ1) is 8.65. The SMILES string of the molecule is CCC(=O)OC1CC=C(OS(=O)(=O)C(F)(F)F)CC1. The maximum atomic E-state index is 12.1. The van der Waals surface area contributed by atoms with E-state index in [4.69, 9.17) is 4.74 Å². The van der Waals surface area contributed by atoms with E-state index >= 15 is 0 Å². The third kappa shape index (κ3) is 4.41. The fraction of sp³-hybridized carbons (Fsp3) is 0.700. The van der Waals surface area contributed by atoms with E-state index < -0.39 is 27.7 Å². The van der Waals surface area contributed by atoms with Gasteiger partial charge in [0.05, 0.1) is 0 Å². The number of rotatable bonds is 4. The Bertz CT molecular complexity index is 466. The van der Waals surface area contributed by atoms with Crippen molar-refractivity contribution >= 4 is 16.1 Å². The molecule has 0 aliphatic heterocycles. The molecule has 0 saturated heterocycles. The summed E-state index contributed by atoms with van der Waals surface area (Å²) in [6.07, 6.45) is 1.27. The molecule has 0 N–H and O–H groups in total. The van der Waals surface area contributed by atoms with Gasteiger partial charge in [-0.25, -0.2) is 0 Å². The van der Waals surface area contributed by atoms with Crippen molar-refractivity contribution in [3.8, 4) is 0 Å². The molecular formula is C10H13F3O5S. The summed E-state index contributed by atoms with van der Waals surface area (Å²) in [5.74, 6) is -0.688. The quantitative estimate of drug-likeness (QED) is 0.452. The predicted octanol–water partition coefficient (Wildman–Crippen LogP) is 2.24. The number of ether oxygens (including phenoxy) is 1. The van der Waals surface area contributed by atoms with Crippen LogP contribution in [0.4, 0.5) is 13.2 Å². The van der Waals surface area contributed by atoms with Crippen molar-refractivity contribution in [2.24, 2.45) is 0 Å². The minimum Gasteiger partial charge on any atom is -0.462 e. The Labute approximate surface area is 108 Å². The van der Waals surface area contributed by atoms with Crippen LogP contribution < -0.4 is 0 Å². The van der Waals surface area contributed by atoms with Crippen LogP contribution in [-0.2, 0) is 23.8 Å². The number of halogens is 3. The number of carbonyl (C=O) groups is 1. The van der Waals surface area contributed by atoms with E-state index in [2.05, 4.69) is 4.18 Å². The van der Waals surface area contributed by atoms with Crippen molar-refractivity contribution in [3.05, 3.63) is 11.8 Å². The Morgan fingerprint density at radius 2 is 2.11 bits per heavy atom. The molecule has 1 atom stereocenters. The monoisotopic (exact) mass is 302 g/mol. The van der Waals surface area contributed by atoms with E-state index in [1.165, 1.54) is 6.08 Å². The lowest BCUT2D eigenvalue weighted by Gasteiger charge is -2.22. The van der Waals surface area contributed by atoms with Crippen LogP contribution in [0.1, 0.15) is 32.6 Å². The number of carbonyl (C=O) groups excluding carboxylic acids is 1. The molecule has 19 heavy (non-hydrogen) atoms. The number of alkyl halides is 3. The molecule has 0 bridgehead atoms. The van der Waals surface area contributed by atoms with Crippen LogP contribution in [-0.4, -0.2) is 26.0 Å². The van der Waals surface area contributed by atoms with Gasteiger partial charge in [0.1, 0.15) is 11.9 Å². The second-order valence-electron chi connectivity index (χ2n) is 3.89. The van der Waals surface area contributed by atoms with Crippen LogP contribution in [0, 0.1) is 0 Å². The van der Waals surface area contributed by atoms with Crippen LogP contribution in [0.5, 0.6) is 0 Å². The van der Waals surface area contributed by atoms with Gasteiger partial charge in [0.25, 0.3) is 0 Å². The number of esters is 1. The maximum Gasteiger partial charge on any atom is 0.534 e. The zero-order chi connectivity index (χ0) is 14.7. The zero-order valence-corrected chi connectivity index (χ0v) is 10.9. The lowest BCUT2D eigenvalue weighted by atomic mass is 10.0. The van der Waals surface area contributed by atoms with Crippen LogP contribution in [0.2, 0.25) is 0 Å². The molecule has 9 heteroatoms. The molecule has 0 fully saturated rings. The second-order valence-corrected chi connectivity index (χ2v) is 5.43. The van der Waals surface area contributed by atoms with Gasteiger partial charge in [-0.1, -0.05) is 6.92 Å². The molecule has 0 amide bonds. The van der Waals surface area contributed by atoms with E-state index in [1.54, 1.807) is 6.92 Å². The normalized spacial score (nSPS) is 20.6. The smallest absolute Gasteiger partial charge is 0.462 e. The van der Waals surface area contributed by atoms with Gasteiger partial charge in [-0.3, -0.25) is 4.79 Å². The van der Waals surface area contributed by atoms with Gasteiger partial charge in [0.2, 0.25) is 0 Å². The van der Waals surface area contributed by atoms with Crippen molar-refractivity contribution in [2.45, 2.75) is 44.2 Å². The highest BCUT2D eigenvalue weighted by atomic mass is 32.2. The molecule has 110 valence electrons. The highest BCUT2D eigenvalue weighted by Gasteiger charge is 2.48. The summed E-state index contributed by atoms with van der Waals surface area (Å²) in [6.45, 7) is 1.62. The third-order valence-corrected chi connectivity index (χ3v) is 3.41. The zero-order valence-electron chi connectivity index (χ0n) is 10.1. The molecule has 0 aromatic carbocycles. The summed E-state index contributed by atoms with van der Waals surface area (Å²) in [4.78, 5) is 11.0. The predicted molar refractivity (Wildman–Crippen MR) is 58.2 cm³/mol. The van der Waals surface area contributed by atoms with Crippen molar-refractivity contribution < 1.29 is 35.3 Å². The first-order valence-electron chi connectivity index (χ1n) is 5.55. The average Bonchev–Trinajstić information content (AvgIpc) is 2.29. The van der Waals surface area contributed by atoms with Crippen molar-refractivity contribution in [1.29, 1.82) is 0 Å². The van der Waals surface area contributed by atoms with E-state index in [-0.39, 0.29) is 31.4 Å². The minimum atomic E-state index is -5.62. The maximum absolute atomic E-state index is 12.1. The minimum absolute atomic E-state index is 0.0308. The van der Waals surface area contributed by atoms with Gasteiger partial charge in [-0.05, 0) is 12.5 Å². The van der Waals surface area contributed by atoms with Gasteiger partial charge < -0.3 is 8.92 Å². The molecule has 5 nitrogen and oxygen atoms in total. The first kappa shape index (κ1) is 15.8. The standard InChI is InChI=1S/C10H13F3O5S/c1-2-9(14)17-7-3-5-8(6-4-7)18-19(15,16)10(11,12)13/h5,7H,2-4,6H2,1H3. The number of allylic oxidation sites excluding steroid dienone is 1.